The summed E-state index contributed by atoms with van der Waals surface area (Å²) in [6.07, 6.45) is 0. The van der Waals surface area contributed by atoms with Crippen LogP contribution in [0.2, 0.25) is 0 Å². The molecule has 0 heterocycles. The van der Waals surface area contributed by atoms with Crippen LogP contribution < -0.4 is 4.90 Å². The highest BCUT2D eigenvalue weighted by Gasteiger charge is 2.19. The van der Waals surface area contributed by atoms with Crippen LogP contribution in [-0.4, -0.2) is 25.0 Å². The second kappa shape index (κ2) is 7.49. The minimum absolute atomic E-state index is 0.384. The Labute approximate surface area is 132 Å². The van der Waals surface area contributed by atoms with Crippen molar-refractivity contribution in [2.45, 2.75) is 6.92 Å². The first-order chi connectivity index (χ1) is 11.0. The number of hydrogen-bond donors (Lipinski definition) is 0. The number of esters is 1. The van der Waals surface area contributed by atoms with Crippen molar-refractivity contribution in [3.05, 3.63) is 65.7 Å². The van der Waals surface area contributed by atoms with E-state index < -0.39 is 35.7 Å². The maximum absolute atomic E-state index is 13.5. The number of amides is 1. The lowest BCUT2D eigenvalue weighted by molar-refractivity contribution is -0.121. The molecule has 1 amide bonds. The minimum atomic E-state index is -1.08. The Kier molecular flexibility index (Phi) is 5.41. The molecule has 0 aliphatic rings. The zero-order chi connectivity index (χ0) is 16.8. The van der Waals surface area contributed by atoms with E-state index in [1.807, 2.05) is 6.07 Å². The number of para-hydroxylation sites is 1. The number of likely N-dealkylation sites (N-methyl/N-ethyl adjacent to an activating group) is 1. The quantitative estimate of drug-likeness (QED) is 0.795. The number of halogens is 2. The Balaban J connectivity index is 2.03. The van der Waals surface area contributed by atoms with E-state index in [0.717, 1.165) is 18.2 Å². The molecule has 120 valence electrons. The Hall–Kier alpha value is -2.76. The molecule has 2 aromatic rings. The van der Waals surface area contributed by atoms with E-state index in [1.165, 1.54) is 4.90 Å². The molecule has 0 saturated carbocycles. The Morgan fingerprint density at radius 3 is 2.43 bits per heavy atom. The molecule has 6 heteroatoms. The predicted molar refractivity (Wildman–Crippen MR) is 81.1 cm³/mol. The van der Waals surface area contributed by atoms with Crippen molar-refractivity contribution in [3.8, 4) is 0 Å². The normalized spacial score (nSPS) is 10.2. The number of anilines is 1. The smallest absolute Gasteiger partial charge is 0.341 e. The van der Waals surface area contributed by atoms with Gasteiger partial charge in [-0.1, -0.05) is 18.2 Å². The molecule has 0 aliphatic carbocycles. The molecule has 0 spiro atoms. The van der Waals surface area contributed by atoms with E-state index in [2.05, 4.69) is 0 Å². The Morgan fingerprint density at radius 2 is 1.78 bits per heavy atom. The van der Waals surface area contributed by atoms with Crippen molar-refractivity contribution >= 4 is 17.6 Å². The van der Waals surface area contributed by atoms with Crippen LogP contribution in [0, 0.1) is 11.6 Å². The summed E-state index contributed by atoms with van der Waals surface area (Å²) < 4.78 is 31.3. The predicted octanol–water partition coefficient (Wildman–Crippen LogP) is 3.17. The third-order valence-electron chi connectivity index (χ3n) is 3.16. The van der Waals surface area contributed by atoms with Crippen LogP contribution >= 0.6 is 0 Å². The second-order valence-electron chi connectivity index (χ2n) is 4.67. The molecule has 0 radical (unpaired) electrons. The lowest BCUT2D eigenvalue weighted by atomic mass is 10.2. The van der Waals surface area contributed by atoms with Crippen molar-refractivity contribution in [2.24, 2.45) is 0 Å². The summed E-state index contributed by atoms with van der Waals surface area (Å²) >= 11 is 0. The largest absolute Gasteiger partial charge is 0.452 e. The van der Waals surface area contributed by atoms with Crippen LogP contribution in [0.5, 0.6) is 0 Å². The molecule has 0 aromatic heterocycles. The first kappa shape index (κ1) is 16.6. The van der Waals surface area contributed by atoms with Crippen LogP contribution in [0.4, 0.5) is 14.5 Å². The third-order valence-corrected chi connectivity index (χ3v) is 3.16. The fourth-order valence-electron chi connectivity index (χ4n) is 2.05. The van der Waals surface area contributed by atoms with Gasteiger partial charge in [-0.2, -0.15) is 0 Å². The first-order valence-electron chi connectivity index (χ1n) is 7.00. The van der Waals surface area contributed by atoms with Gasteiger partial charge >= 0.3 is 5.97 Å². The standard InChI is InChI=1S/C17H15F2NO3/c1-2-20(13-6-4-3-5-7-13)16(21)11-23-17(22)14-10-12(18)8-9-15(14)19/h3-10H,2,11H2,1H3. The van der Waals surface area contributed by atoms with Crippen LogP contribution in [0.1, 0.15) is 17.3 Å². The van der Waals surface area contributed by atoms with Gasteiger partial charge in [-0.15, -0.1) is 0 Å². The highest BCUT2D eigenvalue weighted by atomic mass is 19.1. The molecule has 2 rings (SSSR count). The van der Waals surface area contributed by atoms with E-state index in [9.17, 15) is 18.4 Å². The summed E-state index contributed by atoms with van der Waals surface area (Å²) in [5.74, 6) is -3.20. The van der Waals surface area contributed by atoms with Crippen LogP contribution in [0.3, 0.4) is 0 Å². The van der Waals surface area contributed by atoms with E-state index in [-0.39, 0.29) is 0 Å². The molecule has 0 atom stereocenters. The maximum atomic E-state index is 13.5. The summed E-state index contributed by atoms with van der Waals surface area (Å²) in [6, 6.07) is 11.3. The van der Waals surface area contributed by atoms with Crippen molar-refractivity contribution < 1.29 is 23.1 Å². The lowest BCUT2D eigenvalue weighted by Gasteiger charge is -2.20. The SMILES string of the molecule is CCN(C(=O)COC(=O)c1cc(F)ccc1F)c1ccccc1. The van der Waals surface area contributed by atoms with E-state index in [0.29, 0.717) is 12.2 Å². The van der Waals surface area contributed by atoms with Gasteiger partial charge < -0.3 is 9.64 Å². The molecule has 4 nitrogen and oxygen atoms in total. The fourth-order valence-corrected chi connectivity index (χ4v) is 2.05. The molecule has 0 saturated heterocycles. The summed E-state index contributed by atoms with van der Waals surface area (Å²) in [6.45, 7) is 1.60. The average Bonchev–Trinajstić information content (AvgIpc) is 2.56. The molecule has 0 aliphatic heterocycles. The number of ether oxygens (including phenoxy) is 1. The van der Waals surface area contributed by atoms with E-state index in [1.54, 1.807) is 31.2 Å². The zero-order valence-electron chi connectivity index (χ0n) is 12.5. The van der Waals surface area contributed by atoms with Crippen molar-refractivity contribution in [1.29, 1.82) is 0 Å². The van der Waals surface area contributed by atoms with Gasteiger partial charge in [0.25, 0.3) is 5.91 Å². The van der Waals surface area contributed by atoms with Gasteiger partial charge in [0.05, 0.1) is 5.56 Å². The fraction of sp³-hybridized carbons (Fsp3) is 0.176. The highest BCUT2D eigenvalue weighted by Crippen LogP contribution is 2.14. The van der Waals surface area contributed by atoms with E-state index in [4.69, 9.17) is 4.74 Å². The molecule has 2 aromatic carbocycles. The van der Waals surface area contributed by atoms with Crippen LogP contribution in [-0.2, 0) is 9.53 Å². The first-order valence-corrected chi connectivity index (χ1v) is 7.00. The van der Waals surface area contributed by atoms with Crippen LogP contribution in [0.15, 0.2) is 48.5 Å². The van der Waals surface area contributed by atoms with Gasteiger partial charge in [0.2, 0.25) is 0 Å². The van der Waals surface area contributed by atoms with Crippen molar-refractivity contribution in [3.63, 3.8) is 0 Å². The van der Waals surface area contributed by atoms with Gasteiger partial charge in [-0.3, -0.25) is 4.79 Å². The number of benzene rings is 2. The van der Waals surface area contributed by atoms with Crippen molar-refractivity contribution in [1.82, 2.24) is 0 Å². The second-order valence-corrected chi connectivity index (χ2v) is 4.67. The number of carbonyl (C=O) groups excluding carboxylic acids is 2. The van der Waals surface area contributed by atoms with Gasteiger partial charge in [0, 0.05) is 12.2 Å². The average molecular weight is 319 g/mol. The van der Waals surface area contributed by atoms with Gasteiger partial charge in [-0.05, 0) is 37.3 Å². The topological polar surface area (TPSA) is 46.6 Å². The number of nitrogens with zero attached hydrogens (tertiary/aromatic N) is 1. The molecule has 23 heavy (non-hydrogen) atoms. The lowest BCUT2D eigenvalue weighted by Crippen LogP contribution is -2.34. The summed E-state index contributed by atoms with van der Waals surface area (Å²) in [4.78, 5) is 25.3. The monoisotopic (exact) mass is 319 g/mol. The molecule has 0 N–H and O–H groups in total. The Morgan fingerprint density at radius 1 is 1.09 bits per heavy atom. The van der Waals surface area contributed by atoms with Crippen LogP contribution in [0.25, 0.3) is 0 Å². The summed E-state index contributed by atoms with van der Waals surface area (Å²) in [5, 5.41) is 0. The number of rotatable bonds is 5. The van der Waals surface area contributed by atoms with Gasteiger partial charge in [0.1, 0.15) is 11.6 Å². The minimum Gasteiger partial charge on any atom is -0.452 e. The van der Waals surface area contributed by atoms with Gasteiger partial charge in [-0.25, -0.2) is 13.6 Å². The van der Waals surface area contributed by atoms with Crippen molar-refractivity contribution in [2.75, 3.05) is 18.1 Å². The van der Waals surface area contributed by atoms with Gasteiger partial charge in [0.15, 0.2) is 6.61 Å². The highest BCUT2D eigenvalue weighted by molar-refractivity contribution is 5.97. The Bertz CT molecular complexity index is 704. The molecule has 0 fully saturated rings. The molecule has 0 bridgehead atoms. The zero-order valence-corrected chi connectivity index (χ0v) is 12.5. The molecular formula is C17H15F2NO3. The summed E-state index contributed by atoms with van der Waals surface area (Å²) in [5.41, 5.74) is 0.119. The number of hydrogen-bond acceptors (Lipinski definition) is 3. The molecular weight excluding hydrogens is 304 g/mol. The summed E-state index contributed by atoms with van der Waals surface area (Å²) in [7, 11) is 0. The maximum Gasteiger partial charge on any atom is 0.341 e. The third kappa shape index (κ3) is 4.12. The van der Waals surface area contributed by atoms with E-state index >= 15 is 0 Å². The number of carbonyl (C=O) groups is 2. The molecule has 0 unspecified atom stereocenters.